The fraction of sp³-hybridized carbons (Fsp3) is 0.455. The van der Waals surface area contributed by atoms with Crippen LogP contribution in [0.1, 0.15) is 30.5 Å². The zero-order valence-corrected chi connectivity index (χ0v) is 18.5. The molecule has 5 rings (SSSR count). The smallest absolute Gasteiger partial charge is 0.219 e. The van der Waals surface area contributed by atoms with Gasteiger partial charge in [0.25, 0.3) is 0 Å². The number of hydrogen-bond acceptors (Lipinski definition) is 8. The van der Waals surface area contributed by atoms with Crippen molar-refractivity contribution in [2.75, 3.05) is 31.3 Å². The molecule has 0 saturated carbocycles. The molecule has 1 N–H and O–H groups in total. The summed E-state index contributed by atoms with van der Waals surface area (Å²) in [5.41, 5.74) is 2.25. The first-order valence-corrected chi connectivity index (χ1v) is 11.0. The van der Waals surface area contributed by atoms with Gasteiger partial charge in [0.2, 0.25) is 12.3 Å². The molecule has 0 aliphatic carbocycles. The number of rotatable bonds is 7. The SMILES string of the molecule is CCN1CC(NC=O)C(Oc2ncc(F)cc2[C@H]2CCON2c2ccn3ncc(C)c3n2)C1. The number of nitrogens with one attached hydrogen (secondary N) is 1. The summed E-state index contributed by atoms with van der Waals surface area (Å²) in [6.07, 6.45) is 5.72. The second kappa shape index (κ2) is 8.91. The second-order valence-corrected chi connectivity index (χ2v) is 8.29. The number of amides is 1. The van der Waals surface area contributed by atoms with E-state index in [0.29, 0.717) is 49.8 Å². The van der Waals surface area contributed by atoms with Crippen LogP contribution >= 0.6 is 0 Å². The third-order valence-corrected chi connectivity index (χ3v) is 6.20. The summed E-state index contributed by atoms with van der Waals surface area (Å²) in [5.74, 6) is 0.477. The van der Waals surface area contributed by atoms with Crippen LogP contribution < -0.4 is 15.1 Å². The Labute approximate surface area is 190 Å². The maximum atomic E-state index is 14.3. The van der Waals surface area contributed by atoms with Crippen LogP contribution in [-0.2, 0) is 9.63 Å². The lowest BCUT2D eigenvalue weighted by Crippen LogP contribution is -2.41. The molecule has 3 aromatic heterocycles. The summed E-state index contributed by atoms with van der Waals surface area (Å²) in [5, 5.41) is 8.78. The summed E-state index contributed by atoms with van der Waals surface area (Å²) in [6, 6.07) is 2.74. The Morgan fingerprint density at radius 3 is 3.06 bits per heavy atom. The predicted molar refractivity (Wildman–Crippen MR) is 117 cm³/mol. The van der Waals surface area contributed by atoms with Gasteiger partial charge in [-0.05, 0) is 19.5 Å². The minimum absolute atomic E-state index is 0.174. The quantitative estimate of drug-likeness (QED) is 0.538. The summed E-state index contributed by atoms with van der Waals surface area (Å²) in [4.78, 5) is 28.1. The number of hydroxylamine groups is 1. The van der Waals surface area contributed by atoms with E-state index in [1.165, 1.54) is 6.07 Å². The van der Waals surface area contributed by atoms with Crippen molar-refractivity contribution in [1.29, 1.82) is 0 Å². The van der Waals surface area contributed by atoms with Crippen LogP contribution in [0, 0.1) is 12.7 Å². The van der Waals surface area contributed by atoms with Crippen LogP contribution in [0.4, 0.5) is 10.2 Å². The molecule has 2 aliphatic rings. The lowest BCUT2D eigenvalue weighted by atomic mass is 10.1. The molecule has 2 fully saturated rings. The number of halogens is 1. The lowest BCUT2D eigenvalue weighted by Gasteiger charge is -2.26. The molecule has 10 nitrogen and oxygen atoms in total. The molecule has 2 saturated heterocycles. The largest absolute Gasteiger partial charge is 0.470 e. The number of ether oxygens (including phenoxy) is 1. The molecule has 5 heterocycles. The normalized spacial score (nSPS) is 23.4. The number of anilines is 1. The third kappa shape index (κ3) is 4.09. The van der Waals surface area contributed by atoms with E-state index in [-0.39, 0.29) is 18.2 Å². The first kappa shape index (κ1) is 21.5. The van der Waals surface area contributed by atoms with Gasteiger partial charge in [-0.2, -0.15) is 5.10 Å². The van der Waals surface area contributed by atoms with Gasteiger partial charge in [0.1, 0.15) is 11.9 Å². The Morgan fingerprint density at radius 2 is 2.24 bits per heavy atom. The second-order valence-electron chi connectivity index (χ2n) is 8.29. The molecule has 0 spiro atoms. The highest BCUT2D eigenvalue weighted by molar-refractivity contribution is 5.53. The highest BCUT2D eigenvalue weighted by atomic mass is 19.1. The third-order valence-electron chi connectivity index (χ3n) is 6.20. The van der Waals surface area contributed by atoms with Gasteiger partial charge in [-0.25, -0.2) is 23.9 Å². The highest BCUT2D eigenvalue weighted by Crippen LogP contribution is 2.38. The average molecular weight is 455 g/mol. The Morgan fingerprint density at radius 1 is 1.36 bits per heavy atom. The summed E-state index contributed by atoms with van der Waals surface area (Å²) >= 11 is 0. The van der Waals surface area contributed by atoms with E-state index >= 15 is 0 Å². The van der Waals surface area contributed by atoms with E-state index in [9.17, 15) is 9.18 Å². The summed E-state index contributed by atoms with van der Waals surface area (Å²) in [6.45, 7) is 6.62. The molecule has 2 aliphatic heterocycles. The lowest BCUT2D eigenvalue weighted by molar-refractivity contribution is -0.110. The van der Waals surface area contributed by atoms with Gasteiger partial charge < -0.3 is 10.1 Å². The molecule has 2 unspecified atom stereocenters. The molecule has 3 aromatic rings. The number of likely N-dealkylation sites (tertiary alicyclic amines) is 1. The summed E-state index contributed by atoms with van der Waals surface area (Å²) < 4.78 is 22.3. The van der Waals surface area contributed by atoms with Gasteiger partial charge in [0.05, 0.1) is 31.1 Å². The number of hydrogen-bond donors (Lipinski definition) is 1. The molecule has 0 aromatic carbocycles. The number of carbonyl (C=O) groups is 1. The molecule has 0 bridgehead atoms. The van der Waals surface area contributed by atoms with Gasteiger partial charge in [-0.3, -0.25) is 14.5 Å². The molecule has 0 radical (unpaired) electrons. The molecular weight excluding hydrogens is 429 g/mol. The fourth-order valence-electron chi connectivity index (χ4n) is 4.47. The van der Waals surface area contributed by atoms with Crippen molar-refractivity contribution in [3.63, 3.8) is 0 Å². The number of fused-ring (bicyclic) bond motifs is 1. The standard InChI is InChI=1S/C22H26FN7O3/c1-3-28-11-17(25-13-31)19(12-28)33-22-16(8-15(23)10-24-22)18-5-7-32-30(18)20-4-6-29-21(27-20)14(2)9-26-29/h4,6,8-10,13,17-19H,3,5,7,11-12H2,1-2H3,(H,25,31)/t17?,18-,19?/m1/s1. The van der Waals surface area contributed by atoms with E-state index < -0.39 is 5.82 Å². The first-order valence-electron chi connectivity index (χ1n) is 11.0. The number of pyridine rings is 1. The van der Waals surface area contributed by atoms with Crippen LogP contribution in [0.25, 0.3) is 5.65 Å². The number of aromatic nitrogens is 4. The van der Waals surface area contributed by atoms with Crippen LogP contribution in [0.2, 0.25) is 0 Å². The van der Waals surface area contributed by atoms with Gasteiger partial charge in [0, 0.05) is 42.9 Å². The molecule has 11 heteroatoms. The maximum Gasteiger partial charge on any atom is 0.219 e. The van der Waals surface area contributed by atoms with E-state index in [4.69, 9.17) is 14.6 Å². The fourth-order valence-corrected chi connectivity index (χ4v) is 4.47. The average Bonchev–Trinajstić information content (AvgIpc) is 3.54. The van der Waals surface area contributed by atoms with Crippen LogP contribution in [-0.4, -0.2) is 69.3 Å². The minimum Gasteiger partial charge on any atom is -0.470 e. The van der Waals surface area contributed by atoms with Crippen LogP contribution in [0.5, 0.6) is 5.88 Å². The van der Waals surface area contributed by atoms with Crippen LogP contribution in [0.15, 0.2) is 30.7 Å². The number of aryl methyl sites for hydroxylation is 1. The molecular formula is C22H26FN7O3. The predicted octanol–water partition coefficient (Wildman–Crippen LogP) is 1.65. The van der Waals surface area contributed by atoms with Crippen molar-refractivity contribution in [3.05, 3.63) is 47.7 Å². The van der Waals surface area contributed by atoms with E-state index in [2.05, 4.69) is 27.2 Å². The summed E-state index contributed by atoms with van der Waals surface area (Å²) in [7, 11) is 0. The van der Waals surface area contributed by atoms with Crippen molar-refractivity contribution in [2.45, 2.75) is 38.5 Å². The van der Waals surface area contributed by atoms with Crippen molar-refractivity contribution in [3.8, 4) is 5.88 Å². The van der Waals surface area contributed by atoms with Gasteiger partial charge in [-0.1, -0.05) is 6.92 Å². The zero-order chi connectivity index (χ0) is 22.9. The maximum absolute atomic E-state index is 14.3. The zero-order valence-electron chi connectivity index (χ0n) is 18.5. The van der Waals surface area contributed by atoms with Crippen molar-refractivity contribution in [1.82, 2.24) is 29.8 Å². The molecule has 33 heavy (non-hydrogen) atoms. The monoisotopic (exact) mass is 455 g/mol. The van der Waals surface area contributed by atoms with Crippen LogP contribution in [0.3, 0.4) is 0 Å². The number of nitrogens with zero attached hydrogens (tertiary/aromatic N) is 6. The first-order chi connectivity index (χ1) is 16.1. The van der Waals surface area contributed by atoms with Crippen molar-refractivity contribution >= 4 is 17.9 Å². The number of carbonyl (C=O) groups excluding carboxylic acids is 1. The van der Waals surface area contributed by atoms with Gasteiger partial charge in [0.15, 0.2) is 11.5 Å². The van der Waals surface area contributed by atoms with E-state index in [1.807, 2.05) is 19.2 Å². The minimum atomic E-state index is -0.455. The Bertz CT molecular complexity index is 1160. The Balaban J connectivity index is 1.46. The molecule has 3 atom stereocenters. The van der Waals surface area contributed by atoms with E-state index in [0.717, 1.165) is 24.0 Å². The van der Waals surface area contributed by atoms with E-state index in [1.54, 1.807) is 15.8 Å². The van der Waals surface area contributed by atoms with Gasteiger partial charge >= 0.3 is 0 Å². The Kier molecular flexibility index (Phi) is 5.81. The van der Waals surface area contributed by atoms with Gasteiger partial charge in [-0.15, -0.1) is 0 Å². The molecule has 174 valence electrons. The molecule has 1 amide bonds. The number of likely N-dealkylation sites (N-methyl/N-ethyl adjacent to an activating group) is 1. The van der Waals surface area contributed by atoms with Crippen molar-refractivity contribution in [2.24, 2.45) is 0 Å². The highest BCUT2D eigenvalue weighted by Gasteiger charge is 2.37. The topological polar surface area (TPSA) is 97.1 Å². The Hall–Kier alpha value is -3.31. The van der Waals surface area contributed by atoms with Crippen molar-refractivity contribution < 1.29 is 18.8 Å².